The summed E-state index contributed by atoms with van der Waals surface area (Å²) >= 11 is 0. The van der Waals surface area contributed by atoms with Gasteiger partial charge in [-0.25, -0.2) is 0 Å². The predicted molar refractivity (Wildman–Crippen MR) is 66.0 cm³/mol. The van der Waals surface area contributed by atoms with E-state index >= 15 is 0 Å². The molecule has 0 spiro atoms. The molecule has 0 radical (unpaired) electrons. The van der Waals surface area contributed by atoms with Crippen molar-refractivity contribution in [2.45, 2.75) is 12.5 Å². The summed E-state index contributed by atoms with van der Waals surface area (Å²) in [5, 5.41) is 11.7. The van der Waals surface area contributed by atoms with E-state index in [-0.39, 0.29) is 24.5 Å². The summed E-state index contributed by atoms with van der Waals surface area (Å²) in [5.74, 6) is -0.724. The largest absolute Gasteiger partial charge is 0.392 e. The van der Waals surface area contributed by atoms with Gasteiger partial charge in [-0.2, -0.15) is 0 Å². The van der Waals surface area contributed by atoms with Gasteiger partial charge in [-0.05, 0) is 18.6 Å². The lowest BCUT2D eigenvalue weighted by Gasteiger charge is -2.13. The van der Waals surface area contributed by atoms with E-state index < -0.39 is 0 Å². The molecule has 0 aromatic heterocycles. The van der Waals surface area contributed by atoms with Crippen molar-refractivity contribution in [2.24, 2.45) is 0 Å². The summed E-state index contributed by atoms with van der Waals surface area (Å²) in [4.78, 5) is 25.2. The van der Waals surface area contributed by atoms with Gasteiger partial charge >= 0.3 is 0 Å². The first-order valence-electron chi connectivity index (χ1n) is 5.95. The third-order valence-corrected chi connectivity index (χ3v) is 2.90. The molecule has 1 atom stereocenters. The first kappa shape index (κ1) is 12.7. The minimum Gasteiger partial charge on any atom is -0.392 e. The highest BCUT2D eigenvalue weighted by atomic mass is 16.3. The maximum Gasteiger partial charge on any atom is 0.257 e. The molecule has 1 aromatic carbocycles. The SMILES string of the molecule is O=C(CN1CC[C@@H](O)C1)NC(=O)c1ccccc1. The molecule has 2 rings (SSSR count). The van der Waals surface area contributed by atoms with Gasteiger partial charge in [0.2, 0.25) is 5.91 Å². The van der Waals surface area contributed by atoms with Gasteiger partial charge in [0, 0.05) is 18.7 Å². The zero-order valence-electron chi connectivity index (χ0n) is 10.0. The summed E-state index contributed by atoms with van der Waals surface area (Å²) in [6.45, 7) is 1.33. The third-order valence-electron chi connectivity index (χ3n) is 2.90. The van der Waals surface area contributed by atoms with Crippen molar-refractivity contribution < 1.29 is 14.7 Å². The molecule has 1 heterocycles. The molecule has 96 valence electrons. The highest BCUT2D eigenvalue weighted by molar-refractivity contribution is 6.05. The second-order valence-corrected chi connectivity index (χ2v) is 4.42. The number of hydrogen-bond donors (Lipinski definition) is 2. The van der Waals surface area contributed by atoms with Crippen molar-refractivity contribution >= 4 is 11.8 Å². The van der Waals surface area contributed by atoms with Crippen LogP contribution in [0, 0.1) is 0 Å². The minimum absolute atomic E-state index is 0.148. The summed E-state index contributed by atoms with van der Waals surface area (Å²) in [6.07, 6.45) is 0.322. The van der Waals surface area contributed by atoms with Crippen LogP contribution in [0.4, 0.5) is 0 Å². The number of amides is 2. The molecule has 1 aliphatic heterocycles. The number of imide groups is 1. The van der Waals surface area contributed by atoms with Crippen molar-refractivity contribution in [3.63, 3.8) is 0 Å². The van der Waals surface area contributed by atoms with Crippen molar-refractivity contribution in [1.82, 2.24) is 10.2 Å². The van der Waals surface area contributed by atoms with E-state index in [9.17, 15) is 14.7 Å². The molecule has 5 nitrogen and oxygen atoms in total. The number of likely N-dealkylation sites (tertiary alicyclic amines) is 1. The molecule has 2 N–H and O–H groups in total. The third kappa shape index (κ3) is 3.38. The number of benzene rings is 1. The van der Waals surface area contributed by atoms with E-state index in [1.807, 2.05) is 11.0 Å². The van der Waals surface area contributed by atoms with Crippen LogP contribution in [0.2, 0.25) is 0 Å². The maximum absolute atomic E-state index is 11.7. The van der Waals surface area contributed by atoms with Gasteiger partial charge in [-0.3, -0.25) is 19.8 Å². The van der Waals surface area contributed by atoms with E-state index in [1.165, 1.54) is 0 Å². The summed E-state index contributed by atoms with van der Waals surface area (Å²) in [5.41, 5.74) is 0.465. The Labute approximate surface area is 105 Å². The second-order valence-electron chi connectivity index (χ2n) is 4.42. The zero-order chi connectivity index (χ0) is 13.0. The Kier molecular flexibility index (Phi) is 4.07. The van der Waals surface area contributed by atoms with Crippen molar-refractivity contribution in [3.8, 4) is 0 Å². The monoisotopic (exact) mass is 248 g/mol. The molecule has 1 fully saturated rings. The van der Waals surface area contributed by atoms with Crippen LogP contribution in [0.3, 0.4) is 0 Å². The van der Waals surface area contributed by atoms with Crippen LogP contribution >= 0.6 is 0 Å². The number of β-amino-alcohol motifs (C(OH)–C–C–N with tert-alkyl or cyclic N) is 1. The number of hydrogen-bond acceptors (Lipinski definition) is 4. The number of nitrogens with one attached hydrogen (secondary N) is 1. The predicted octanol–water partition coefficient (Wildman–Crippen LogP) is 0.00960. The average Bonchev–Trinajstić information content (AvgIpc) is 2.75. The lowest BCUT2D eigenvalue weighted by Crippen LogP contribution is -2.39. The Morgan fingerprint density at radius 3 is 2.67 bits per heavy atom. The zero-order valence-corrected chi connectivity index (χ0v) is 10.0. The van der Waals surface area contributed by atoms with Crippen LogP contribution in [0.25, 0.3) is 0 Å². The second kappa shape index (κ2) is 5.75. The van der Waals surface area contributed by atoms with Gasteiger partial charge in [0.25, 0.3) is 5.91 Å². The average molecular weight is 248 g/mol. The van der Waals surface area contributed by atoms with Crippen LogP contribution in [0.5, 0.6) is 0 Å². The molecular formula is C13H16N2O3. The van der Waals surface area contributed by atoms with Gasteiger partial charge in [0.05, 0.1) is 12.6 Å². The molecule has 1 aliphatic rings. The Hall–Kier alpha value is -1.72. The minimum atomic E-state index is -0.389. The van der Waals surface area contributed by atoms with E-state index in [0.29, 0.717) is 25.1 Å². The van der Waals surface area contributed by atoms with Crippen LogP contribution in [-0.4, -0.2) is 47.6 Å². The highest BCUT2D eigenvalue weighted by Crippen LogP contribution is 2.07. The fourth-order valence-corrected chi connectivity index (χ4v) is 1.99. The van der Waals surface area contributed by atoms with Crippen LogP contribution in [0.1, 0.15) is 16.8 Å². The smallest absolute Gasteiger partial charge is 0.257 e. The molecule has 1 saturated heterocycles. The first-order valence-corrected chi connectivity index (χ1v) is 5.95. The van der Waals surface area contributed by atoms with E-state index in [0.717, 1.165) is 0 Å². The molecular weight excluding hydrogens is 232 g/mol. The molecule has 18 heavy (non-hydrogen) atoms. The number of aliphatic hydroxyl groups excluding tert-OH is 1. The quantitative estimate of drug-likeness (QED) is 0.790. The van der Waals surface area contributed by atoms with Gasteiger partial charge in [0.1, 0.15) is 0 Å². The van der Waals surface area contributed by atoms with Gasteiger partial charge < -0.3 is 5.11 Å². The maximum atomic E-state index is 11.7. The van der Waals surface area contributed by atoms with E-state index in [1.54, 1.807) is 24.3 Å². The number of carbonyl (C=O) groups excluding carboxylic acids is 2. The molecule has 1 aromatic rings. The Morgan fingerprint density at radius 1 is 1.33 bits per heavy atom. The number of nitrogens with zero attached hydrogens (tertiary/aromatic N) is 1. The molecule has 0 saturated carbocycles. The van der Waals surface area contributed by atoms with Crippen LogP contribution in [-0.2, 0) is 4.79 Å². The fourth-order valence-electron chi connectivity index (χ4n) is 1.99. The summed E-state index contributed by atoms with van der Waals surface area (Å²) < 4.78 is 0. The first-order chi connectivity index (χ1) is 8.65. The van der Waals surface area contributed by atoms with E-state index in [2.05, 4.69) is 5.32 Å². The van der Waals surface area contributed by atoms with Crippen LogP contribution < -0.4 is 5.32 Å². The summed E-state index contributed by atoms with van der Waals surface area (Å²) in [6, 6.07) is 8.61. The molecule has 0 unspecified atom stereocenters. The van der Waals surface area contributed by atoms with Gasteiger partial charge in [-0.1, -0.05) is 18.2 Å². The lowest BCUT2D eigenvalue weighted by molar-refractivity contribution is -0.121. The molecule has 0 bridgehead atoms. The number of aliphatic hydroxyl groups is 1. The topological polar surface area (TPSA) is 69.6 Å². The highest BCUT2D eigenvalue weighted by Gasteiger charge is 2.22. The van der Waals surface area contributed by atoms with Crippen LogP contribution in [0.15, 0.2) is 30.3 Å². The molecule has 2 amide bonds. The van der Waals surface area contributed by atoms with Crippen molar-refractivity contribution in [2.75, 3.05) is 19.6 Å². The Balaban J connectivity index is 1.83. The number of carbonyl (C=O) groups is 2. The molecule has 5 heteroatoms. The summed E-state index contributed by atoms with van der Waals surface area (Å²) in [7, 11) is 0. The standard InChI is InChI=1S/C13H16N2O3/c16-11-6-7-15(8-11)9-12(17)14-13(18)10-4-2-1-3-5-10/h1-5,11,16H,6-9H2,(H,14,17,18)/t11-/m1/s1. The van der Waals surface area contributed by atoms with Crippen molar-refractivity contribution in [1.29, 1.82) is 0 Å². The Morgan fingerprint density at radius 2 is 2.06 bits per heavy atom. The molecule has 0 aliphatic carbocycles. The normalized spacial score (nSPS) is 19.7. The van der Waals surface area contributed by atoms with Crippen molar-refractivity contribution in [3.05, 3.63) is 35.9 Å². The lowest BCUT2D eigenvalue weighted by atomic mass is 10.2. The van der Waals surface area contributed by atoms with E-state index in [4.69, 9.17) is 0 Å². The van der Waals surface area contributed by atoms with Gasteiger partial charge in [-0.15, -0.1) is 0 Å². The fraction of sp³-hybridized carbons (Fsp3) is 0.385. The number of rotatable bonds is 3. The Bertz CT molecular complexity index is 433. The van der Waals surface area contributed by atoms with Gasteiger partial charge in [0.15, 0.2) is 0 Å².